The molecule has 0 bridgehead atoms. The van der Waals surface area contributed by atoms with Crippen molar-refractivity contribution in [3.8, 4) is 10.4 Å². The Bertz CT molecular complexity index is 1090. The third-order valence-corrected chi connectivity index (χ3v) is 7.64. The van der Waals surface area contributed by atoms with E-state index in [2.05, 4.69) is 5.32 Å². The van der Waals surface area contributed by atoms with Crippen LogP contribution in [0.15, 0.2) is 64.9 Å². The molecule has 1 amide bonds. The van der Waals surface area contributed by atoms with Crippen molar-refractivity contribution in [1.82, 2.24) is 0 Å². The minimum absolute atomic E-state index is 0.00404. The van der Waals surface area contributed by atoms with Crippen molar-refractivity contribution in [2.45, 2.75) is 30.4 Å². The molecule has 0 aliphatic rings. The number of sulfone groups is 1. The van der Waals surface area contributed by atoms with E-state index in [1.165, 1.54) is 19.1 Å². The first-order valence-electron chi connectivity index (χ1n) is 8.71. The monoisotopic (exact) mass is 417 g/mol. The van der Waals surface area contributed by atoms with Gasteiger partial charge in [0, 0.05) is 17.0 Å². The number of thiophene rings is 1. The molecule has 0 saturated carbocycles. The number of benzene rings is 2. The molecule has 7 heteroatoms. The minimum Gasteiger partial charge on any atom is -0.326 e. The Labute approximate surface area is 168 Å². The Balaban J connectivity index is 1.70. The molecule has 1 heterocycles. The Morgan fingerprint density at radius 2 is 1.86 bits per heavy atom. The number of anilines is 1. The van der Waals surface area contributed by atoms with Crippen molar-refractivity contribution >= 4 is 32.8 Å². The highest BCUT2D eigenvalue weighted by Gasteiger charge is 2.25. The predicted octanol–water partition coefficient (Wildman–Crippen LogP) is 5.05. The minimum atomic E-state index is -3.72. The van der Waals surface area contributed by atoms with Crippen LogP contribution in [0.3, 0.4) is 0 Å². The second-order valence-corrected chi connectivity index (χ2v) is 9.86. The number of nitrogens with one attached hydrogen (secondary N) is 1. The Morgan fingerprint density at radius 3 is 2.50 bits per heavy atom. The number of rotatable bonds is 6. The molecule has 2 aromatic carbocycles. The summed E-state index contributed by atoms with van der Waals surface area (Å²) in [4.78, 5) is 13.5. The van der Waals surface area contributed by atoms with Gasteiger partial charge >= 0.3 is 0 Å². The van der Waals surface area contributed by atoms with E-state index in [9.17, 15) is 17.6 Å². The molecular weight excluding hydrogens is 397 g/mol. The highest BCUT2D eigenvalue weighted by molar-refractivity contribution is 7.92. The molecule has 0 spiro atoms. The lowest BCUT2D eigenvalue weighted by Crippen LogP contribution is -2.25. The quantitative estimate of drug-likeness (QED) is 0.571. The molecule has 3 rings (SSSR count). The number of aryl methyl sites for hydroxylation is 1. The molecular formula is C21H20FNO3S2. The third-order valence-electron chi connectivity index (χ3n) is 4.42. The molecule has 4 nitrogen and oxygen atoms in total. The summed E-state index contributed by atoms with van der Waals surface area (Å²) in [5.74, 6) is -0.900. The van der Waals surface area contributed by atoms with Gasteiger partial charge in [-0.25, -0.2) is 12.8 Å². The second-order valence-electron chi connectivity index (χ2n) is 6.58. The summed E-state index contributed by atoms with van der Waals surface area (Å²) in [6.45, 7) is 3.50. The van der Waals surface area contributed by atoms with Gasteiger partial charge in [-0.3, -0.25) is 4.79 Å². The molecule has 0 aliphatic carbocycles. The fraction of sp³-hybridized carbons (Fsp3) is 0.190. The Hall–Kier alpha value is -2.51. The van der Waals surface area contributed by atoms with Crippen LogP contribution in [0, 0.1) is 12.7 Å². The molecule has 1 atom stereocenters. The van der Waals surface area contributed by atoms with Gasteiger partial charge in [-0.2, -0.15) is 0 Å². The van der Waals surface area contributed by atoms with Crippen molar-refractivity contribution in [2.24, 2.45) is 0 Å². The molecule has 28 heavy (non-hydrogen) atoms. The van der Waals surface area contributed by atoms with E-state index in [0.717, 1.165) is 28.1 Å². The molecule has 0 radical (unpaired) electrons. The topological polar surface area (TPSA) is 63.2 Å². The molecule has 146 valence electrons. The normalized spacial score (nSPS) is 12.5. The van der Waals surface area contributed by atoms with Gasteiger partial charge in [-0.05, 0) is 72.8 Å². The molecule has 1 N–H and O–H groups in total. The van der Waals surface area contributed by atoms with Gasteiger partial charge in [0.1, 0.15) is 5.82 Å². The average Bonchev–Trinajstić information content (AvgIpc) is 3.08. The number of halogens is 1. The molecule has 1 aromatic heterocycles. The van der Waals surface area contributed by atoms with Gasteiger partial charge in [0.05, 0.1) is 10.1 Å². The fourth-order valence-electron chi connectivity index (χ4n) is 2.85. The van der Waals surface area contributed by atoms with Gasteiger partial charge in [0.25, 0.3) is 0 Å². The van der Waals surface area contributed by atoms with Gasteiger partial charge in [-0.15, -0.1) is 11.3 Å². The van der Waals surface area contributed by atoms with E-state index in [4.69, 9.17) is 0 Å². The maximum atomic E-state index is 13.0. The van der Waals surface area contributed by atoms with Gasteiger partial charge in [0.2, 0.25) is 5.91 Å². The second kappa shape index (κ2) is 8.24. The molecule has 1 unspecified atom stereocenters. The number of carbonyl (C=O) groups is 1. The maximum Gasteiger partial charge on any atom is 0.225 e. The van der Waals surface area contributed by atoms with Crippen LogP contribution < -0.4 is 5.32 Å². The fourth-order valence-corrected chi connectivity index (χ4v) is 5.12. The number of hydrogen-bond acceptors (Lipinski definition) is 4. The van der Waals surface area contributed by atoms with Gasteiger partial charge in [0.15, 0.2) is 9.84 Å². The first-order chi connectivity index (χ1) is 13.3. The van der Waals surface area contributed by atoms with Crippen LogP contribution in [0.2, 0.25) is 0 Å². The lowest BCUT2D eigenvalue weighted by atomic mass is 10.1. The number of carbonyl (C=O) groups excluding carboxylic acids is 1. The van der Waals surface area contributed by atoms with E-state index >= 15 is 0 Å². The van der Waals surface area contributed by atoms with E-state index in [1.54, 1.807) is 17.4 Å². The molecule has 3 aromatic rings. The van der Waals surface area contributed by atoms with E-state index < -0.39 is 26.8 Å². The van der Waals surface area contributed by atoms with Crippen LogP contribution in [-0.2, 0) is 14.6 Å². The highest BCUT2D eigenvalue weighted by Crippen LogP contribution is 2.30. The largest absolute Gasteiger partial charge is 0.326 e. The first kappa shape index (κ1) is 20.2. The standard InChI is InChI=1S/C21H20FNO3S2/c1-14-10-11-27-21(14)16-4-3-5-18(13-16)23-20(24)12-15(2)28(25,26)19-8-6-17(22)7-9-19/h3-11,13,15H,12H2,1-2H3,(H,23,24). The van der Waals surface area contributed by atoms with Gasteiger partial charge < -0.3 is 5.32 Å². The summed E-state index contributed by atoms with van der Waals surface area (Å²) in [5.41, 5.74) is 2.77. The smallest absolute Gasteiger partial charge is 0.225 e. The van der Waals surface area contributed by atoms with E-state index in [1.807, 2.05) is 36.6 Å². The lowest BCUT2D eigenvalue weighted by Gasteiger charge is -2.13. The molecule has 0 fully saturated rings. The Morgan fingerprint density at radius 1 is 1.14 bits per heavy atom. The van der Waals surface area contributed by atoms with Crippen molar-refractivity contribution in [3.05, 3.63) is 71.4 Å². The zero-order chi connectivity index (χ0) is 20.3. The predicted molar refractivity (Wildman–Crippen MR) is 111 cm³/mol. The summed E-state index contributed by atoms with van der Waals surface area (Å²) in [5, 5.41) is 3.85. The van der Waals surface area contributed by atoms with Crippen LogP contribution >= 0.6 is 11.3 Å². The zero-order valence-electron chi connectivity index (χ0n) is 15.5. The summed E-state index contributed by atoms with van der Waals surface area (Å²) >= 11 is 1.62. The van der Waals surface area contributed by atoms with Crippen LogP contribution in [0.5, 0.6) is 0 Å². The van der Waals surface area contributed by atoms with E-state index in [0.29, 0.717) is 5.69 Å². The van der Waals surface area contributed by atoms with Crippen molar-refractivity contribution in [1.29, 1.82) is 0 Å². The van der Waals surface area contributed by atoms with Crippen LogP contribution in [0.1, 0.15) is 18.9 Å². The number of hydrogen-bond donors (Lipinski definition) is 1. The highest BCUT2D eigenvalue weighted by atomic mass is 32.2. The van der Waals surface area contributed by atoms with Crippen LogP contribution in [0.4, 0.5) is 10.1 Å². The van der Waals surface area contributed by atoms with Crippen molar-refractivity contribution < 1.29 is 17.6 Å². The van der Waals surface area contributed by atoms with Crippen LogP contribution in [0.25, 0.3) is 10.4 Å². The summed E-state index contributed by atoms with van der Waals surface area (Å²) in [7, 11) is -3.72. The molecule has 0 aliphatic heterocycles. The van der Waals surface area contributed by atoms with Gasteiger partial charge in [-0.1, -0.05) is 12.1 Å². The van der Waals surface area contributed by atoms with Crippen molar-refractivity contribution in [2.75, 3.05) is 5.32 Å². The zero-order valence-corrected chi connectivity index (χ0v) is 17.1. The first-order valence-corrected chi connectivity index (χ1v) is 11.1. The maximum absolute atomic E-state index is 13.0. The Kier molecular flexibility index (Phi) is 5.96. The summed E-state index contributed by atoms with van der Waals surface area (Å²) < 4.78 is 38.2. The van der Waals surface area contributed by atoms with Crippen LogP contribution in [-0.4, -0.2) is 19.6 Å². The SMILES string of the molecule is Cc1ccsc1-c1cccc(NC(=O)CC(C)S(=O)(=O)c2ccc(F)cc2)c1. The molecule has 0 saturated heterocycles. The van der Waals surface area contributed by atoms with Crippen molar-refractivity contribution in [3.63, 3.8) is 0 Å². The summed E-state index contributed by atoms with van der Waals surface area (Å²) in [6, 6.07) is 14.1. The lowest BCUT2D eigenvalue weighted by molar-refractivity contribution is -0.116. The summed E-state index contributed by atoms with van der Waals surface area (Å²) in [6.07, 6.45) is -0.192. The average molecular weight is 418 g/mol. The number of amides is 1. The third kappa shape index (κ3) is 4.48. The van der Waals surface area contributed by atoms with E-state index in [-0.39, 0.29) is 11.3 Å².